The Hall–Kier alpha value is -0.180. The van der Waals surface area contributed by atoms with Crippen LogP contribution in [0.3, 0.4) is 0 Å². The van der Waals surface area contributed by atoms with E-state index in [0.717, 1.165) is 12.8 Å². The Morgan fingerprint density at radius 2 is 2.00 bits per heavy atom. The first-order valence-electron chi connectivity index (χ1n) is 4.61. The van der Waals surface area contributed by atoms with Gasteiger partial charge in [-0.05, 0) is 12.8 Å². The molecule has 0 aromatic carbocycles. The van der Waals surface area contributed by atoms with Crippen molar-refractivity contribution in [1.82, 2.24) is 0 Å². The fraction of sp³-hybridized carbons (Fsp3) is 0.875. The van der Waals surface area contributed by atoms with Crippen LogP contribution in [0.4, 0.5) is 0 Å². The van der Waals surface area contributed by atoms with Gasteiger partial charge in [0, 0.05) is 6.42 Å². The van der Waals surface area contributed by atoms with Crippen LogP contribution in [0.25, 0.3) is 0 Å². The Labute approximate surface area is 78.1 Å². The summed E-state index contributed by atoms with van der Waals surface area (Å²) in [6, 6.07) is 0. The highest BCUT2D eigenvalue weighted by Crippen LogP contribution is 2.52. The van der Waals surface area contributed by atoms with Crippen molar-refractivity contribution >= 4 is 13.1 Å². The molecule has 13 heavy (non-hydrogen) atoms. The molecule has 0 saturated carbocycles. The Morgan fingerprint density at radius 3 is 2.54 bits per heavy atom. The molecular formula is C8H15O4P. The van der Waals surface area contributed by atoms with Crippen molar-refractivity contribution < 1.29 is 18.4 Å². The van der Waals surface area contributed by atoms with Crippen LogP contribution < -0.4 is 0 Å². The zero-order valence-electron chi connectivity index (χ0n) is 7.82. The van der Waals surface area contributed by atoms with Crippen molar-refractivity contribution in [2.24, 2.45) is 0 Å². The van der Waals surface area contributed by atoms with E-state index < -0.39 is 7.60 Å². The van der Waals surface area contributed by atoms with Crippen LogP contribution in [0.15, 0.2) is 0 Å². The van der Waals surface area contributed by atoms with E-state index >= 15 is 0 Å². The van der Waals surface area contributed by atoms with Crippen LogP contribution in [0.2, 0.25) is 0 Å². The van der Waals surface area contributed by atoms with E-state index in [-0.39, 0.29) is 5.52 Å². The van der Waals surface area contributed by atoms with Gasteiger partial charge in [0.2, 0.25) is 5.52 Å². The van der Waals surface area contributed by atoms with Crippen molar-refractivity contribution in [2.75, 3.05) is 13.2 Å². The summed E-state index contributed by atoms with van der Waals surface area (Å²) in [6.07, 6.45) is 2.67. The molecule has 1 saturated heterocycles. The standard InChI is InChI=1S/C8H15O4P/c1-2-3-5-8(9)13(10)11-6-4-7-12-13/h2-7H2,1H3. The van der Waals surface area contributed by atoms with Gasteiger partial charge >= 0.3 is 7.60 Å². The molecule has 0 spiro atoms. The van der Waals surface area contributed by atoms with Crippen LogP contribution in [0.5, 0.6) is 0 Å². The molecule has 0 unspecified atom stereocenters. The van der Waals surface area contributed by atoms with E-state index in [1.165, 1.54) is 0 Å². The third-order valence-electron chi connectivity index (χ3n) is 1.86. The number of rotatable bonds is 4. The molecule has 1 aliphatic rings. The molecule has 0 atom stereocenters. The highest BCUT2D eigenvalue weighted by atomic mass is 31.2. The predicted molar refractivity (Wildman–Crippen MR) is 48.7 cm³/mol. The smallest absolute Gasteiger partial charge is 0.303 e. The van der Waals surface area contributed by atoms with Crippen molar-refractivity contribution in [3.63, 3.8) is 0 Å². The lowest BCUT2D eigenvalue weighted by Crippen LogP contribution is -2.14. The summed E-state index contributed by atoms with van der Waals surface area (Å²) in [7, 11) is -3.37. The van der Waals surface area contributed by atoms with Crippen LogP contribution in [-0.4, -0.2) is 18.7 Å². The second kappa shape index (κ2) is 4.89. The van der Waals surface area contributed by atoms with E-state index in [9.17, 15) is 9.36 Å². The fourth-order valence-electron chi connectivity index (χ4n) is 1.07. The minimum Gasteiger partial charge on any atom is -0.303 e. The highest BCUT2D eigenvalue weighted by Gasteiger charge is 2.35. The van der Waals surface area contributed by atoms with Gasteiger partial charge < -0.3 is 9.05 Å². The first kappa shape index (κ1) is 10.9. The molecule has 0 aromatic rings. The molecule has 1 fully saturated rings. The van der Waals surface area contributed by atoms with Crippen LogP contribution in [0, 0.1) is 0 Å². The van der Waals surface area contributed by atoms with Crippen molar-refractivity contribution in [3.8, 4) is 0 Å². The molecule has 4 nitrogen and oxygen atoms in total. The number of hydrogen-bond donors (Lipinski definition) is 0. The molecule has 1 rings (SSSR count). The van der Waals surface area contributed by atoms with Crippen LogP contribution in [-0.2, 0) is 18.4 Å². The lowest BCUT2D eigenvalue weighted by Gasteiger charge is -2.21. The summed E-state index contributed by atoms with van der Waals surface area (Å²) in [5, 5.41) is 0. The molecule has 0 aromatic heterocycles. The SMILES string of the molecule is CCCCC(=O)P1(=O)OCCCO1. The van der Waals surface area contributed by atoms with Crippen molar-refractivity contribution in [2.45, 2.75) is 32.6 Å². The normalized spacial score (nSPS) is 21.3. The summed E-state index contributed by atoms with van der Waals surface area (Å²) in [5.41, 5.74) is -0.367. The number of carbonyl (C=O) groups is 1. The second-order valence-electron chi connectivity index (χ2n) is 3.01. The number of unbranched alkanes of at least 4 members (excludes halogenated alkanes) is 1. The lowest BCUT2D eigenvalue weighted by molar-refractivity contribution is -0.114. The Kier molecular flexibility index (Phi) is 4.10. The fourth-order valence-corrected chi connectivity index (χ4v) is 2.61. The third-order valence-corrected chi connectivity index (χ3v) is 3.74. The van der Waals surface area contributed by atoms with E-state index in [4.69, 9.17) is 9.05 Å². The number of hydrogen-bond acceptors (Lipinski definition) is 4. The zero-order valence-corrected chi connectivity index (χ0v) is 8.72. The minimum atomic E-state index is -3.37. The molecule has 1 aliphatic heterocycles. The second-order valence-corrected chi connectivity index (χ2v) is 5.02. The molecule has 76 valence electrons. The molecule has 5 heteroatoms. The van der Waals surface area contributed by atoms with Gasteiger partial charge in [0.25, 0.3) is 0 Å². The van der Waals surface area contributed by atoms with Gasteiger partial charge in [0.15, 0.2) is 0 Å². The summed E-state index contributed by atoms with van der Waals surface area (Å²) in [4.78, 5) is 11.4. The van der Waals surface area contributed by atoms with Crippen LogP contribution in [0.1, 0.15) is 32.6 Å². The predicted octanol–water partition coefficient (Wildman–Crippen LogP) is 2.33. The average Bonchev–Trinajstić information content (AvgIpc) is 2.15. The quantitative estimate of drug-likeness (QED) is 0.662. The molecule has 0 aliphatic carbocycles. The first-order chi connectivity index (χ1) is 6.19. The molecular weight excluding hydrogens is 191 g/mol. The maximum atomic E-state index is 11.6. The Balaban J connectivity index is 2.47. The monoisotopic (exact) mass is 206 g/mol. The average molecular weight is 206 g/mol. The topological polar surface area (TPSA) is 52.6 Å². The van der Waals surface area contributed by atoms with Gasteiger partial charge in [-0.3, -0.25) is 9.36 Å². The van der Waals surface area contributed by atoms with E-state index in [1.54, 1.807) is 0 Å². The molecule has 0 amide bonds. The maximum Gasteiger partial charge on any atom is 0.396 e. The van der Waals surface area contributed by atoms with Gasteiger partial charge in [-0.15, -0.1) is 0 Å². The van der Waals surface area contributed by atoms with Crippen molar-refractivity contribution in [3.05, 3.63) is 0 Å². The summed E-state index contributed by atoms with van der Waals surface area (Å²) < 4.78 is 21.5. The number of carbonyl (C=O) groups excluding carboxylic acids is 1. The van der Waals surface area contributed by atoms with E-state index in [0.29, 0.717) is 26.1 Å². The first-order valence-corrected chi connectivity index (χ1v) is 6.16. The Bertz CT molecular complexity index is 216. The highest BCUT2D eigenvalue weighted by molar-refractivity contribution is 7.71. The van der Waals surface area contributed by atoms with Gasteiger partial charge in [-0.1, -0.05) is 13.3 Å². The maximum absolute atomic E-state index is 11.6. The molecule has 0 N–H and O–H groups in total. The van der Waals surface area contributed by atoms with Crippen molar-refractivity contribution in [1.29, 1.82) is 0 Å². The van der Waals surface area contributed by atoms with Gasteiger partial charge in [-0.25, -0.2) is 0 Å². The summed E-state index contributed by atoms with van der Waals surface area (Å²) >= 11 is 0. The Morgan fingerprint density at radius 1 is 1.38 bits per heavy atom. The van der Waals surface area contributed by atoms with Crippen LogP contribution >= 0.6 is 7.60 Å². The third kappa shape index (κ3) is 2.90. The van der Waals surface area contributed by atoms with E-state index in [1.807, 2.05) is 6.92 Å². The molecule has 0 bridgehead atoms. The van der Waals surface area contributed by atoms with E-state index in [2.05, 4.69) is 0 Å². The summed E-state index contributed by atoms with van der Waals surface area (Å²) in [6.45, 7) is 2.72. The molecule has 0 radical (unpaired) electrons. The van der Waals surface area contributed by atoms with Gasteiger partial charge in [0.05, 0.1) is 13.2 Å². The van der Waals surface area contributed by atoms with Gasteiger partial charge in [0.1, 0.15) is 0 Å². The zero-order chi connectivity index (χ0) is 9.73. The van der Waals surface area contributed by atoms with Gasteiger partial charge in [-0.2, -0.15) is 0 Å². The summed E-state index contributed by atoms with van der Waals surface area (Å²) in [5.74, 6) is 0. The largest absolute Gasteiger partial charge is 0.396 e. The lowest BCUT2D eigenvalue weighted by atomic mass is 10.3. The minimum absolute atomic E-state index is 0.299. The molecule has 1 heterocycles.